The van der Waals surface area contributed by atoms with E-state index >= 15 is 0 Å². The number of esters is 1. The zero-order valence-corrected chi connectivity index (χ0v) is 25.4. The summed E-state index contributed by atoms with van der Waals surface area (Å²) in [6.45, 7) is 8.25. The van der Waals surface area contributed by atoms with Gasteiger partial charge in [0.25, 0.3) is 5.91 Å². The van der Waals surface area contributed by atoms with E-state index < -0.39 is 70.9 Å². The molecule has 14 heteroatoms. The summed E-state index contributed by atoms with van der Waals surface area (Å²) in [5, 5.41) is 9.41. The zero-order valence-electron chi connectivity index (χ0n) is 25.4. The number of amides is 2. The Morgan fingerprint density at radius 2 is 1.80 bits per heavy atom. The number of benzene rings is 1. The average molecular weight is 622 g/mol. The van der Waals surface area contributed by atoms with E-state index in [0.717, 1.165) is 17.5 Å². The van der Waals surface area contributed by atoms with Crippen molar-refractivity contribution in [1.82, 2.24) is 15.1 Å². The van der Waals surface area contributed by atoms with Crippen LogP contribution in [0, 0.1) is 5.41 Å². The van der Waals surface area contributed by atoms with Crippen LogP contribution in [0.1, 0.15) is 98.8 Å². The Morgan fingerprint density at radius 1 is 1.11 bits per heavy atom. The van der Waals surface area contributed by atoms with E-state index in [4.69, 9.17) is 15.2 Å². The second-order valence-corrected chi connectivity index (χ2v) is 13.0. The highest BCUT2D eigenvalue weighted by molar-refractivity contribution is 6.00. The molecule has 1 aromatic heterocycles. The van der Waals surface area contributed by atoms with Gasteiger partial charge >= 0.3 is 18.2 Å². The Balaban J connectivity index is 1.62. The molecule has 1 fully saturated rings. The molecular formula is C30H38F3N5O6. The monoisotopic (exact) mass is 621 g/mol. The third-order valence-corrected chi connectivity index (χ3v) is 7.43. The van der Waals surface area contributed by atoms with Crippen LogP contribution in [0.5, 0.6) is 0 Å². The first kappa shape index (κ1) is 32.8. The van der Waals surface area contributed by atoms with Crippen molar-refractivity contribution >= 4 is 29.4 Å². The van der Waals surface area contributed by atoms with E-state index in [-0.39, 0.29) is 35.5 Å². The number of nitrogens with zero attached hydrogens (tertiary/aromatic N) is 2. The maximum Gasteiger partial charge on any atom is 0.435 e. The number of primary amides is 1. The molecule has 2 aromatic rings. The molecule has 11 nitrogen and oxygen atoms in total. The van der Waals surface area contributed by atoms with Crippen molar-refractivity contribution in [3.63, 3.8) is 0 Å². The lowest BCUT2D eigenvalue weighted by molar-refractivity contribution is -0.150. The lowest BCUT2D eigenvalue weighted by atomic mass is 9.75. The van der Waals surface area contributed by atoms with E-state index in [1.807, 2.05) is 0 Å². The van der Waals surface area contributed by atoms with Gasteiger partial charge in [-0.25, -0.2) is 9.48 Å². The third kappa shape index (κ3) is 7.69. The number of alkyl halides is 3. The lowest BCUT2D eigenvalue weighted by Crippen LogP contribution is -2.42. The molecule has 2 atom stereocenters. The number of fused-ring (bicyclic) bond motifs is 1. The zero-order chi connectivity index (χ0) is 32.6. The van der Waals surface area contributed by atoms with Gasteiger partial charge in [-0.15, -0.1) is 0 Å². The molecule has 1 aromatic carbocycles. The molecule has 240 valence electrons. The predicted octanol–water partition coefficient (Wildman–Crippen LogP) is 4.94. The number of nitrogens with two attached hydrogens (primary N) is 1. The number of halogens is 3. The molecular weight excluding hydrogens is 583 g/mol. The first-order valence-corrected chi connectivity index (χ1v) is 14.4. The fourth-order valence-electron chi connectivity index (χ4n) is 5.63. The Hall–Kier alpha value is -4.10. The second-order valence-electron chi connectivity index (χ2n) is 13.0. The SMILES string of the molecule is CC1(C)CC(=O)c2c(C(F)(F)F)nn(-c3ccc(C(N)=O)c(NC4CCCCC4OC(=O)CNC(=O)OC(C)(C)C)c3)c2C1. The van der Waals surface area contributed by atoms with Gasteiger partial charge in [0.05, 0.1) is 28.6 Å². The topological polar surface area (TPSA) is 155 Å². The fraction of sp³-hybridized carbons (Fsp3) is 0.567. The summed E-state index contributed by atoms with van der Waals surface area (Å²) in [7, 11) is 0. The number of ketones is 1. The number of ether oxygens (including phenoxy) is 2. The number of anilines is 1. The Kier molecular flexibility index (Phi) is 9.04. The molecule has 2 unspecified atom stereocenters. The van der Waals surface area contributed by atoms with Gasteiger partial charge in [-0.1, -0.05) is 20.3 Å². The Bertz CT molecular complexity index is 1460. The van der Waals surface area contributed by atoms with Crippen molar-refractivity contribution in [2.75, 3.05) is 11.9 Å². The first-order chi connectivity index (χ1) is 20.3. The van der Waals surface area contributed by atoms with Crippen LogP contribution in [0.4, 0.5) is 23.7 Å². The smallest absolute Gasteiger partial charge is 0.435 e. The van der Waals surface area contributed by atoms with Gasteiger partial charge in [0.2, 0.25) is 0 Å². The largest absolute Gasteiger partial charge is 0.459 e. The summed E-state index contributed by atoms with van der Waals surface area (Å²) in [6.07, 6.45) is -3.51. The molecule has 1 heterocycles. The summed E-state index contributed by atoms with van der Waals surface area (Å²) in [5.74, 6) is -2.09. The van der Waals surface area contributed by atoms with Gasteiger partial charge in [0.15, 0.2) is 11.5 Å². The van der Waals surface area contributed by atoms with E-state index in [1.165, 1.54) is 18.2 Å². The molecule has 4 rings (SSSR count). The molecule has 2 aliphatic carbocycles. The summed E-state index contributed by atoms with van der Waals surface area (Å²) < 4.78 is 53.8. The molecule has 2 aliphatic rings. The van der Waals surface area contributed by atoms with Gasteiger partial charge in [0, 0.05) is 12.1 Å². The molecule has 0 saturated heterocycles. The first-order valence-electron chi connectivity index (χ1n) is 14.4. The van der Waals surface area contributed by atoms with Gasteiger partial charge in [-0.05, 0) is 70.1 Å². The maximum atomic E-state index is 14.0. The van der Waals surface area contributed by atoms with Crippen molar-refractivity contribution in [2.45, 2.75) is 97.1 Å². The fourth-order valence-corrected chi connectivity index (χ4v) is 5.63. The van der Waals surface area contributed by atoms with Crippen molar-refractivity contribution in [3.05, 3.63) is 40.7 Å². The Labute approximate surface area is 253 Å². The van der Waals surface area contributed by atoms with E-state index in [9.17, 15) is 32.3 Å². The van der Waals surface area contributed by atoms with Crippen molar-refractivity contribution in [1.29, 1.82) is 0 Å². The summed E-state index contributed by atoms with van der Waals surface area (Å²) in [4.78, 5) is 49.7. The minimum absolute atomic E-state index is 0.0444. The van der Waals surface area contributed by atoms with Crippen LogP contribution < -0.4 is 16.4 Å². The minimum Gasteiger partial charge on any atom is -0.459 e. The second kappa shape index (κ2) is 12.1. The van der Waals surface area contributed by atoms with E-state index in [2.05, 4.69) is 15.7 Å². The number of hydrogen-bond donors (Lipinski definition) is 3. The van der Waals surface area contributed by atoms with Crippen LogP contribution in [0.2, 0.25) is 0 Å². The normalized spacial score (nSPS) is 20.0. The van der Waals surface area contributed by atoms with Gasteiger partial charge in [-0.3, -0.25) is 14.4 Å². The predicted molar refractivity (Wildman–Crippen MR) is 154 cm³/mol. The van der Waals surface area contributed by atoms with Crippen LogP contribution in [0.3, 0.4) is 0 Å². The van der Waals surface area contributed by atoms with E-state index in [1.54, 1.807) is 34.6 Å². The van der Waals surface area contributed by atoms with Gasteiger partial charge in [-0.2, -0.15) is 18.3 Å². The van der Waals surface area contributed by atoms with Gasteiger partial charge in [0.1, 0.15) is 18.2 Å². The number of hydrogen-bond acceptors (Lipinski definition) is 8. The van der Waals surface area contributed by atoms with Crippen LogP contribution in [-0.4, -0.2) is 57.8 Å². The number of carbonyl (C=O) groups is 4. The molecule has 44 heavy (non-hydrogen) atoms. The minimum atomic E-state index is -4.85. The van der Waals surface area contributed by atoms with Crippen molar-refractivity contribution in [2.24, 2.45) is 11.1 Å². The molecule has 1 saturated carbocycles. The van der Waals surface area contributed by atoms with Crippen LogP contribution in [0.15, 0.2) is 18.2 Å². The highest BCUT2D eigenvalue weighted by atomic mass is 19.4. The summed E-state index contributed by atoms with van der Waals surface area (Å²) in [5.41, 5.74) is 3.23. The molecule has 2 amide bonds. The van der Waals surface area contributed by atoms with Crippen LogP contribution in [0.25, 0.3) is 5.69 Å². The van der Waals surface area contributed by atoms with E-state index in [0.29, 0.717) is 12.8 Å². The number of rotatable bonds is 7. The number of alkyl carbamates (subject to hydrolysis) is 1. The number of Topliss-reactive ketones (excluding diaryl/α,β-unsaturated/α-hetero) is 1. The van der Waals surface area contributed by atoms with Crippen molar-refractivity contribution in [3.8, 4) is 5.69 Å². The molecule has 0 spiro atoms. The number of nitrogens with one attached hydrogen (secondary N) is 2. The maximum absolute atomic E-state index is 14.0. The Morgan fingerprint density at radius 3 is 2.43 bits per heavy atom. The van der Waals surface area contributed by atoms with Crippen LogP contribution in [-0.2, 0) is 26.9 Å². The quantitative estimate of drug-likeness (QED) is 0.368. The molecule has 0 bridgehead atoms. The van der Waals surface area contributed by atoms with Crippen molar-refractivity contribution < 1.29 is 41.8 Å². The highest BCUT2D eigenvalue weighted by Crippen LogP contribution is 2.42. The number of aromatic nitrogens is 2. The molecule has 0 aliphatic heterocycles. The summed E-state index contributed by atoms with van der Waals surface area (Å²) >= 11 is 0. The highest BCUT2D eigenvalue weighted by Gasteiger charge is 2.45. The van der Waals surface area contributed by atoms with Crippen LogP contribution >= 0.6 is 0 Å². The average Bonchev–Trinajstić information content (AvgIpc) is 3.27. The molecule has 0 radical (unpaired) electrons. The lowest BCUT2D eigenvalue weighted by Gasteiger charge is -2.33. The number of carbonyl (C=O) groups excluding carboxylic acids is 4. The third-order valence-electron chi connectivity index (χ3n) is 7.43. The summed E-state index contributed by atoms with van der Waals surface area (Å²) in [6, 6.07) is 3.79. The molecule has 4 N–H and O–H groups in total. The standard InChI is InChI=1S/C30H38F3N5O6/c1-28(2,3)44-27(42)35-15-23(40)43-22-9-7-6-8-18(22)36-19-12-16(10-11-17(19)26(34)41)38-20-13-29(4,5)14-21(39)24(20)25(37-38)30(31,32)33/h10-12,18,22,36H,6-9,13-15H2,1-5H3,(H2,34,41)(H,35,42). The van der Waals surface area contributed by atoms with Gasteiger partial charge < -0.3 is 25.8 Å².